The lowest BCUT2D eigenvalue weighted by atomic mass is 9.85. The van der Waals surface area contributed by atoms with Crippen LogP contribution in [0.5, 0.6) is 0 Å². The normalized spacial score (nSPS) is 15.0. The van der Waals surface area contributed by atoms with E-state index in [1.54, 1.807) is 0 Å². The molecule has 2 nitrogen and oxygen atoms in total. The molecule has 50 heavy (non-hydrogen) atoms. The average molecular weight is 641 g/mol. The molecule has 0 saturated heterocycles. The minimum absolute atomic E-state index is 0.179. The Morgan fingerprint density at radius 3 is 1.76 bits per heavy atom. The molecule has 238 valence electrons. The second-order valence-electron chi connectivity index (χ2n) is 13.5. The number of rotatable bonds is 5. The van der Waals surface area contributed by atoms with Crippen molar-refractivity contribution < 1.29 is 0 Å². The van der Waals surface area contributed by atoms with Gasteiger partial charge in [0.2, 0.25) is 0 Å². The third-order valence-electron chi connectivity index (χ3n) is 10.7. The van der Waals surface area contributed by atoms with Crippen LogP contribution in [0, 0.1) is 0 Å². The van der Waals surface area contributed by atoms with Crippen LogP contribution in [0.1, 0.15) is 42.0 Å². The van der Waals surface area contributed by atoms with Crippen molar-refractivity contribution in [2.75, 3.05) is 0 Å². The van der Waals surface area contributed by atoms with Crippen LogP contribution in [0.2, 0.25) is 0 Å². The molecule has 2 heteroatoms. The fourth-order valence-electron chi connectivity index (χ4n) is 8.48. The first-order chi connectivity index (χ1) is 24.8. The Bertz CT molecular complexity index is 2690. The molecule has 1 atom stereocenters. The lowest BCUT2D eigenvalue weighted by Gasteiger charge is -2.25. The van der Waals surface area contributed by atoms with Crippen molar-refractivity contribution in [1.82, 2.24) is 9.13 Å². The van der Waals surface area contributed by atoms with E-state index in [0.717, 1.165) is 19.3 Å². The Kier molecular flexibility index (Phi) is 6.80. The van der Waals surface area contributed by atoms with Gasteiger partial charge >= 0.3 is 0 Å². The van der Waals surface area contributed by atoms with Crippen molar-refractivity contribution in [2.45, 2.75) is 25.2 Å². The summed E-state index contributed by atoms with van der Waals surface area (Å²) in [4.78, 5) is 0. The van der Waals surface area contributed by atoms with E-state index < -0.39 is 0 Å². The van der Waals surface area contributed by atoms with Gasteiger partial charge in [-0.3, -0.25) is 0 Å². The highest BCUT2D eigenvalue weighted by Crippen LogP contribution is 2.44. The summed E-state index contributed by atoms with van der Waals surface area (Å²) in [6, 6.07) is 55.5. The smallest absolute Gasteiger partial charge is 0.0579 e. The second-order valence-corrected chi connectivity index (χ2v) is 13.5. The zero-order valence-corrected chi connectivity index (χ0v) is 27.8. The molecule has 1 unspecified atom stereocenters. The molecular formula is C48H36N2. The molecule has 0 bridgehead atoms. The van der Waals surface area contributed by atoms with Crippen LogP contribution in [0.3, 0.4) is 0 Å². The average Bonchev–Trinajstić information content (AvgIpc) is 3.72. The number of para-hydroxylation sites is 2. The molecule has 0 amide bonds. The molecule has 2 heterocycles. The number of hydrogen-bond donors (Lipinski definition) is 0. The summed E-state index contributed by atoms with van der Waals surface area (Å²) in [5.74, 6) is 0.179. The van der Waals surface area contributed by atoms with Crippen molar-refractivity contribution in [3.63, 3.8) is 0 Å². The third-order valence-corrected chi connectivity index (χ3v) is 10.7. The first-order valence-electron chi connectivity index (χ1n) is 17.8. The highest BCUT2D eigenvalue weighted by molar-refractivity contribution is 5.95. The summed E-state index contributed by atoms with van der Waals surface area (Å²) in [6.45, 7) is 0. The molecule has 2 aliphatic rings. The minimum Gasteiger partial charge on any atom is -0.312 e. The first-order valence-corrected chi connectivity index (χ1v) is 17.8. The van der Waals surface area contributed by atoms with Crippen LogP contribution in [-0.2, 0) is 0 Å². The Hall–Kier alpha value is -6.12. The van der Waals surface area contributed by atoms with Crippen LogP contribution < -0.4 is 10.6 Å². The van der Waals surface area contributed by atoms with Gasteiger partial charge in [-0.1, -0.05) is 146 Å². The molecule has 0 radical (unpaired) electrons. The zero-order chi connectivity index (χ0) is 33.0. The van der Waals surface area contributed by atoms with Crippen LogP contribution in [0.4, 0.5) is 0 Å². The highest BCUT2D eigenvalue weighted by atomic mass is 15.0. The van der Waals surface area contributed by atoms with Gasteiger partial charge in [-0.2, -0.15) is 0 Å². The molecule has 2 aromatic heterocycles. The zero-order valence-electron chi connectivity index (χ0n) is 27.8. The predicted molar refractivity (Wildman–Crippen MR) is 210 cm³/mol. The lowest BCUT2D eigenvalue weighted by Crippen LogP contribution is -2.30. The van der Waals surface area contributed by atoms with Crippen molar-refractivity contribution in [1.29, 1.82) is 0 Å². The molecule has 0 fully saturated rings. The van der Waals surface area contributed by atoms with Gasteiger partial charge in [0, 0.05) is 49.9 Å². The number of benzene rings is 6. The monoisotopic (exact) mass is 640 g/mol. The second kappa shape index (κ2) is 11.8. The van der Waals surface area contributed by atoms with Crippen molar-refractivity contribution in [2.24, 2.45) is 0 Å². The number of nitrogens with zero attached hydrogens (tertiary/aromatic N) is 2. The first kappa shape index (κ1) is 28.9. The Morgan fingerprint density at radius 2 is 1.06 bits per heavy atom. The number of hydrogen-bond acceptors (Lipinski definition) is 0. The van der Waals surface area contributed by atoms with E-state index in [1.807, 2.05) is 0 Å². The molecule has 0 aliphatic heterocycles. The minimum atomic E-state index is 0.179. The van der Waals surface area contributed by atoms with E-state index in [1.165, 1.54) is 82.8 Å². The van der Waals surface area contributed by atoms with E-state index in [4.69, 9.17) is 0 Å². The topological polar surface area (TPSA) is 9.86 Å². The highest BCUT2D eigenvalue weighted by Gasteiger charge is 2.30. The SMILES string of the molecule is C1=Cc2c(n(-c3ccc(-c4ccccc4)cc3)c3ccccc23)C(c2cccc3c4c(n(-c5ccc(-c6ccccc6)cc5)c23)=CCCC=4)C1. The summed E-state index contributed by atoms with van der Waals surface area (Å²) in [5.41, 5.74) is 14.0. The van der Waals surface area contributed by atoms with Crippen LogP contribution in [-0.4, -0.2) is 9.13 Å². The summed E-state index contributed by atoms with van der Waals surface area (Å²) in [6.07, 6.45) is 12.7. The fourth-order valence-corrected chi connectivity index (χ4v) is 8.48. The molecular weight excluding hydrogens is 605 g/mol. The van der Waals surface area contributed by atoms with E-state index in [2.05, 4.69) is 185 Å². The van der Waals surface area contributed by atoms with Crippen LogP contribution >= 0.6 is 0 Å². The summed E-state index contributed by atoms with van der Waals surface area (Å²) in [5, 5.41) is 5.32. The number of aromatic nitrogens is 2. The summed E-state index contributed by atoms with van der Waals surface area (Å²) in [7, 11) is 0. The maximum Gasteiger partial charge on any atom is 0.0579 e. The third kappa shape index (κ3) is 4.56. The molecule has 0 saturated carbocycles. The lowest BCUT2D eigenvalue weighted by molar-refractivity contribution is 0.766. The van der Waals surface area contributed by atoms with E-state index in [-0.39, 0.29) is 5.92 Å². The molecule has 6 aromatic carbocycles. The fraction of sp³-hybridized carbons (Fsp3) is 0.0833. The predicted octanol–water partition coefficient (Wildman–Crippen LogP) is 10.8. The number of allylic oxidation sites excluding steroid dienone is 1. The Labute approximate surface area is 292 Å². The maximum atomic E-state index is 2.55. The van der Waals surface area contributed by atoms with E-state index in [0.29, 0.717) is 0 Å². The van der Waals surface area contributed by atoms with Crippen molar-refractivity contribution in [3.8, 4) is 33.6 Å². The van der Waals surface area contributed by atoms with Crippen LogP contribution in [0.15, 0.2) is 158 Å². The molecule has 0 N–H and O–H groups in total. The Morgan fingerprint density at radius 1 is 0.480 bits per heavy atom. The van der Waals surface area contributed by atoms with Gasteiger partial charge in [0.05, 0.1) is 11.0 Å². The molecule has 10 rings (SSSR count). The van der Waals surface area contributed by atoms with Gasteiger partial charge in [0.25, 0.3) is 0 Å². The summed E-state index contributed by atoms with van der Waals surface area (Å²) < 4.78 is 5.08. The largest absolute Gasteiger partial charge is 0.312 e. The summed E-state index contributed by atoms with van der Waals surface area (Å²) >= 11 is 0. The number of fused-ring (bicyclic) bond motifs is 6. The quantitative estimate of drug-likeness (QED) is 0.177. The van der Waals surface area contributed by atoms with Gasteiger partial charge in [-0.15, -0.1) is 0 Å². The maximum absolute atomic E-state index is 2.55. The van der Waals surface area contributed by atoms with Gasteiger partial charge in [0.15, 0.2) is 0 Å². The van der Waals surface area contributed by atoms with E-state index in [9.17, 15) is 0 Å². The van der Waals surface area contributed by atoms with Crippen molar-refractivity contribution in [3.05, 3.63) is 185 Å². The molecule has 2 aliphatic carbocycles. The molecule has 0 spiro atoms. The van der Waals surface area contributed by atoms with E-state index >= 15 is 0 Å². The van der Waals surface area contributed by atoms with Gasteiger partial charge in [-0.25, -0.2) is 0 Å². The van der Waals surface area contributed by atoms with Crippen LogP contribution in [0.25, 0.3) is 73.7 Å². The van der Waals surface area contributed by atoms with Gasteiger partial charge in [0.1, 0.15) is 0 Å². The van der Waals surface area contributed by atoms with Gasteiger partial charge < -0.3 is 9.13 Å². The van der Waals surface area contributed by atoms with Crippen molar-refractivity contribution >= 4 is 40.0 Å². The van der Waals surface area contributed by atoms with Gasteiger partial charge in [-0.05, 0) is 77.4 Å². The standard InChI is InChI=1S/C48H36N2/c1-3-13-33(14-4-1)35-25-29-37(30-26-35)49-45-23-9-7-17-39(45)41-19-11-21-43(47(41)49)44-22-12-20-42-40-18-8-10-24-46(40)50(48(42)44)38-31-27-36(28-32-38)34-15-5-2-6-16-34/h1-7,9,11-20,22-32,43H,8,10,21H2. The Balaban J connectivity index is 1.19. The molecule has 8 aromatic rings.